The fraction of sp³-hybridized carbons (Fsp3) is 0.222. The fourth-order valence-electron chi connectivity index (χ4n) is 2.00. The number of rotatable bonds is 8. The van der Waals surface area contributed by atoms with Crippen LogP contribution in [0.5, 0.6) is 5.75 Å². The van der Waals surface area contributed by atoms with E-state index in [2.05, 4.69) is 11.9 Å². The first kappa shape index (κ1) is 15.3. The SMILES string of the molecule is C=CCOc1ccc(CNCC(O)c2ccccc2)cc1. The quantitative estimate of drug-likeness (QED) is 0.732. The minimum Gasteiger partial charge on any atom is -0.490 e. The Balaban J connectivity index is 1.77. The van der Waals surface area contributed by atoms with E-state index in [1.807, 2.05) is 54.6 Å². The average Bonchev–Trinajstić information content (AvgIpc) is 2.55. The van der Waals surface area contributed by atoms with Gasteiger partial charge < -0.3 is 15.2 Å². The topological polar surface area (TPSA) is 41.5 Å². The summed E-state index contributed by atoms with van der Waals surface area (Å²) in [5, 5.41) is 13.3. The molecule has 0 saturated heterocycles. The van der Waals surface area contributed by atoms with Crippen molar-refractivity contribution in [3.63, 3.8) is 0 Å². The molecule has 3 heteroatoms. The normalized spacial score (nSPS) is 11.9. The highest BCUT2D eigenvalue weighted by atomic mass is 16.5. The van der Waals surface area contributed by atoms with Gasteiger partial charge in [-0.2, -0.15) is 0 Å². The van der Waals surface area contributed by atoms with Gasteiger partial charge in [0.1, 0.15) is 12.4 Å². The van der Waals surface area contributed by atoms with Crippen LogP contribution in [-0.2, 0) is 6.54 Å². The molecule has 0 aliphatic carbocycles. The van der Waals surface area contributed by atoms with Crippen LogP contribution in [0.2, 0.25) is 0 Å². The Kier molecular flexibility index (Phi) is 6.00. The smallest absolute Gasteiger partial charge is 0.119 e. The molecule has 0 spiro atoms. The molecule has 0 amide bonds. The van der Waals surface area contributed by atoms with E-state index in [0.717, 1.165) is 16.9 Å². The summed E-state index contributed by atoms with van der Waals surface area (Å²) in [5.74, 6) is 0.836. The first-order valence-electron chi connectivity index (χ1n) is 7.06. The van der Waals surface area contributed by atoms with Gasteiger partial charge >= 0.3 is 0 Å². The molecule has 0 radical (unpaired) electrons. The van der Waals surface area contributed by atoms with Crippen molar-refractivity contribution in [3.05, 3.63) is 78.4 Å². The fourth-order valence-corrected chi connectivity index (χ4v) is 2.00. The van der Waals surface area contributed by atoms with Gasteiger partial charge in [0.15, 0.2) is 0 Å². The van der Waals surface area contributed by atoms with E-state index in [1.54, 1.807) is 6.08 Å². The molecule has 110 valence electrons. The molecule has 0 aliphatic rings. The Bertz CT molecular complexity index is 537. The minimum absolute atomic E-state index is 0.485. The van der Waals surface area contributed by atoms with Crippen molar-refractivity contribution < 1.29 is 9.84 Å². The molecule has 0 aliphatic heterocycles. The molecular formula is C18H21NO2. The zero-order valence-electron chi connectivity index (χ0n) is 12.0. The number of hydrogen-bond donors (Lipinski definition) is 2. The predicted octanol–water partition coefficient (Wildman–Crippen LogP) is 3.07. The summed E-state index contributed by atoms with van der Waals surface area (Å²) in [4.78, 5) is 0. The van der Waals surface area contributed by atoms with Crippen LogP contribution in [-0.4, -0.2) is 18.3 Å². The lowest BCUT2D eigenvalue weighted by Crippen LogP contribution is -2.20. The Morgan fingerprint density at radius 2 is 1.81 bits per heavy atom. The van der Waals surface area contributed by atoms with Crippen LogP contribution in [0.4, 0.5) is 0 Å². The van der Waals surface area contributed by atoms with Gasteiger partial charge in [0.05, 0.1) is 6.10 Å². The van der Waals surface area contributed by atoms with Gasteiger partial charge in [-0.05, 0) is 23.3 Å². The standard InChI is InChI=1S/C18H21NO2/c1-2-12-21-17-10-8-15(9-11-17)13-19-14-18(20)16-6-4-3-5-7-16/h2-11,18-20H,1,12-14H2. The van der Waals surface area contributed by atoms with Crippen molar-refractivity contribution in [2.45, 2.75) is 12.6 Å². The van der Waals surface area contributed by atoms with Crippen molar-refractivity contribution in [2.24, 2.45) is 0 Å². The van der Waals surface area contributed by atoms with E-state index in [-0.39, 0.29) is 0 Å². The molecule has 21 heavy (non-hydrogen) atoms. The molecule has 2 rings (SSSR count). The monoisotopic (exact) mass is 283 g/mol. The second-order valence-electron chi connectivity index (χ2n) is 4.80. The summed E-state index contributed by atoms with van der Waals surface area (Å²) in [6, 6.07) is 17.6. The highest BCUT2D eigenvalue weighted by Gasteiger charge is 2.05. The van der Waals surface area contributed by atoms with Crippen LogP contribution in [0.1, 0.15) is 17.2 Å². The molecular weight excluding hydrogens is 262 g/mol. The molecule has 2 aromatic rings. The van der Waals surface area contributed by atoms with E-state index in [0.29, 0.717) is 19.7 Å². The van der Waals surface area contributed by atoms with Crippen LogP contribution < -0.4 is 10.1 Å². The van der Waals surface area contributed by atoms with Gasteiger partial charge in [-0.25, -0.2) is 0 Å². The van der Waals surface area contributed by atoms with Gasteiger partial charge in [-0.15, -0.1) is 0 Å². The van der Waals surface area contributed by atoms with Gasteiger partial charge in [0, 0.05) is 13.1 Å². The zero-order valence-corrected chi connectivity index (χ0v) is 12.0. The number of nitrogens with one attached hydrogen (secondary N) is 1. The maximum Gasteiger partial charge on any atom is 0.119 e. The maximum absolute atomic E-state index is 10.0. The highest BCUT2D eigenvalue weighted by Crippen LogP contribution is 2.13. The largest absolute Gasteiger partial charge is 0.490 e. The van der Waals surface area contributed by atoms with Crippen molar-refractivity contribution in [3.8, 4) is 5.75 Å². The Labute approximate surface area is 125 Å². The van der Waals surface area contributed by atoms with E-state index >= 15 is 0 Å². The third-order valence-corrected chi connectivity index (χ3v) is 3.14. The molecule has 0 heterocycles. The lowest BCUT2D eigenvalue weighted by atomic mass is 10.1. The number of ether oxygens (including phenoxy) is 1. The van der Waals surface area contributed by atoms with E-state index < -0.39 is 6.10 Å². The Morgan fingerprint density at radius 1 is 1.10 bits per heavy atom. The maximum atomic E-state index is 10.0. The van der Waals surface area contributed by atoms with E-state index in [4.69, 9.17) is 4.74 Å². The summed E-state index contributed by atoms with van der Waals surface area (Å²) in [6.07, 6.45) is 1.24. The summed E-state index contributed by atoms with van der Waals surface area (Å²) in [5.41, 5.74) is 2.08. The minimum atomic E-state index is -0.485. The summed E-state index contributed by atoms with van der Waals surface area (Å²) in [7, 11) is 0. The molecule has 0 saturated carbocycles. The third kappa shape index (κ3) is 5.06. The summed E-state index contributed by atoms with van der Waals surface area (Å²) in [6.45, 7) is 5.37. The zero-order chi connectivity index (χ0) is 14.9. The molecule has 0 bridgehead atoms. The number of benzene rings is 2. The lowest BCUT2D eigenvalue weighted by molar-refractivity contribution is 0.174. The molecule has 2 aromatic carbocycles. The molecule has 2 N–H and O–H groups in total. The number of aliphatic hydroxyl groups is 1. The van der Waals surface area contributed by atoms with Crippen LogP contribution in [0.25, 0.3) is 0 Å². The van der Waals surface area contributed by atoms with Gasteiger partial charge in [-0.1, -0.05) is 55.1 Å². The number of aliphatic hydroxyl groups excluding tert-OH is 1. The first-order valence-corrected chi connectivity index (χ1v) is 7.06. The molecule has 0 aromatic heterocycles. The van der Waals surface area contributed by atoms with Crippen molar-refractivity contribution >= 4 is 0 Å². The second-order valence-corrected chi connectivity index (χ2v) is 4.80. The van der Waals surface area contributed by atoms with Gasteiger partial charge in [0.25, 0.3) is 0 Å². The first-order chi connectivity index (χ1) is 10.3. The Morgan fingerprint density at radius 3 is 2.48 bits per heavy atom. The van der Waals surface area contributed by atoms with Crippen LogP contribution in [0.15, 0.2) is 67.3 Å². The van der Waals surface area contributed by atoms with Crippen molar-refractivity contribution in [2.75, 3.05) is 13.2 Å². The summed E-state index contributed by atoms with van der Waals surface area (Å²) < 4.78 is 5.43. The lowest BCUT2D eigenvalue weighted by Gasteiger charge is -2.12. The van der Waals surface area contributed by atoms with Crippen LogP contribution >= 0.6 is 0 Å². The molecule has 0 fully saturated rings. The third-order valence-electron chi connectivity index (χ3n) is 3.14. The number of hydrogen-bond acceptors (Lipinski definition) is 3. The second kappa shape index (κ2) is 8.25. The molecule has 1 unspecified atom stereocenters. The van der Waals surface area contributed by atoms with Crippen LogP contribution in [0, 0.1) is 0 Å². The van der Waals surface area contributed by atoms with Crippen LogP contribution in [0.3, 0.4) is 0 Å². The van der Waals surface area contributed by atoms with Gasteiger partial charge in [0.2, 0.25) is 0 Å². The molecule has 3 nitrogen and oxygen atoms in total. The highest BCUT2D eigenvalue weighted by molar-refractivity contribution is 5.27. The molecule has 1 atom stereocenters. The van der Waals surface area contributed by atoms with E-state index in [1.165, 1.54) is 0 Å². The van der Waals surface area contributed by atoms with Crippen molar-refractivity contribution in [1.82, 2.24) is 5.32 Å². The Hall–Kier alpha value is -2.10. The van der Waals surface area contributed by atoms with Crippen molar-refractivity contribution in [1.29, 1.82) is 0 Å². The van der Waals surface area contributed by atoms with Gasteiger partial charge in [-0.3, -0.25) is 0 Å². The van der Waals surface area contributed by atoms with E-state index in [9.17, 15) is 5.11 Å². The summed E-state index contributed by atoms with van der Waals surface area (Å²) >= 11 is 0. The average molecular weight is 283 g/mol. The predicted molar refractivity (Wildman–Crippen MR) is 85.2 cm³/mol.